The Hall–Kier alpha value is -4.34. The molecule has 1 aliphatic rings. The first-order valence-electron chi connectivity index (χ1n) is 11.6. The fourth-order valence-electron chi connectivity index (χ4n) is 4.09. The number of allylic oxidation sites excluding steroid dienone is 2. The van der Waals surface area contributed by atoms with E-state index in [1.54, 1.807) is 24.7 Å². The molecule has 0 spiro atoms. The van der Waals surface area contributed by atoms with Crippen molar-refractivity contribution in [1.82, 2.24) is 34.6 Å². The highest BCUT2D eigenvalue weighted by molar-refractivity contribution is 5.71. The minimum Gasteiger partial charge on any atom is -0.353 e. The minimum atomic E-state index is 0.566. The summed E-state index contributed by atoms with van der Waals surface area (Å²) in [5.74, 6) is 3.05. The van der Waals surface area contributed by atoms with Gasteiger partial charge in [0.1, 0.15) is 11.6 Å². The summed E-state index contributed by atoms with van der Waals surface area (Å²) < 4.78 is 7.36. The molecule has 1 saturated heterocycles. The van der Waals surface area contributed by atoms with Crippen LogP contribution in [-0.2, 0) is 12.8 Å². The van der Waals surface area contributed by atoms with Gasteiger partial charge >= 0.3 is 0 Å². The molecule has 10 nitrogen and oxygen atoms in total. The van der Waals surface area contributed by atoms with Gasteiger partial charge in [-0.15, -0.1) is 5.10 Å². The fourth-order valence-corrected chi connectivity index (χ4v) is 4.09. The van der Waals surface area contributed by atoms with Crippen LogP contribution in [0.2, 0.25) is 0 Å². The van der Waals surface area contributed by atoms with E-state index in [-0.39, 0.29) is 0 Å². The second-order valence-corrected chi connectivity index (χ2v) is 8.09. The smallest absolute Gasteiger partial charge is 0.227 e. The summed E-state index contributed by atoms with van der Waals surface area (Å²) in [5.41, 5.74) is 2.70. The molecule has 35 heavy (non-hydrogen) atoms. The van der Waals surface area contributed by atoms with Gasteiger partial charge in [-0.1, -0.05) is 17.8 Å². The molecule has 10 heteroatoms. The summed E-state index contributed by atoms with van der Waals surface area (Å²) in [6.45, 7) is 9.19. The van der Waals surface area contributed by atoms with Crippen molar-refractivity contribution in [3.63, 3.8) is 0 Å². The first kappa shape index (κ1) is 22.5. The molecule has 178 valence electrons. The monoisotopic (exact) mass is 469 g/mol. The Morgan fingerprint density at radius 2 is 1.94 bits per heavy atom. The van der Waals surface area contributed by atoms with Crippen LogP contribution in [0.3, 0.4) is 0 Å². The van der Waals surface area contributed by atoms with Crippen molar-refractivity contribution < 1.29 is 4.52 Å². The molecule has 4 aromatic heterocycles. The molecular formula is C25H27N9O. The average Bonchev–Trinajstić information content (AvgIpc) is 3.55. The maximum atomic E-state index is 5.45. The maximum absolute atomic E-state index is 5.45. The molecule has 4 aromatic rings. The number of aliphatic imine (C=N–C) groups is 1. The van der Waals surface area contributed by atoms with Gasteiger partial charge in [0.2, 0.25) is 11.7 Å². The van der Waals surface area contributed by atoms with Crippen LogP contribution >= 0.6 is 0 Å². The first-order valence-corrected chi connectivity index (χ1v) is 11.6. The predicted molar refractivity (Wildman–Crippen MR) is 134 cm³/mol. The molecule has 0 amide bonds. The number of anilines is 1. The van der Waals surface area contributed by atoms with Gasteiger partial charge < -0.3 is 14.3 Å². The molecule has 0 radical (unpaired) electrons. The highest BCUT2D eigenvalue weighted by Gasteiger charge is 2.20. The van der Waals surface area contributed by atoms with Crippen molar-refractivity contribution in [3.8, 4) is 11.4 Å². The number of pyridine rings is 1. The second-order valence-electron chi connectivity index (χ2n) is 8.09. The van der Waals surface area contributed by atoms with E-state index in [2.05, 4.69) is 41.5 Å². The lowest BCUT2D eigenvalue weighted by atomic mass is 10.2. The van der Waals surface area contributed by atoms with E-state index in [0.29, 0.717) is 24.6 Å². The molecule has 0 saturated carbocycles. The van der Waals surface area contributed by atoms with E-state index < -0.39 is 0 Å². The Morgan fingerprint density at radius 3 is 2.71 bits per heavy atom. The number of piperazine rings is 1. The van der Waals surface area contributed by atoms with Crippen molar-refractivity contribution in [2.45, 2.75) is 19.8 Å². The molecule has 1 aliphatic heterocycles. The topological polar surface area (TPSA) is 101 Å². The summed E-state index contributed by atoms with van der Waals surface area (Å²) in [4.78, 5) is 22.1. The lowest BCUT2D eigenvalue weighted by Gasteiger charge is -2.36. The lowest BCUT2D eigenvalue weighted by Crippen LogP contribution is -2.46. The molecule has 5 rings (SSSR count). The van der Waals surface area contributed by atoms with Gasteiger partial charge in [-0.25, -0.2) is 14.5 Å². The fraction of sp³-hybridized carbons (Fsp3) is 0.280. The second kappa shape index (κ2) is 10.3. The highest BCUT2D eigenvalue weighted by atomic mass is 16.5. The van der Waals surface area contributed by atoms with Crippen LogP contribution in [0.1, 0.15) is 18.5 Å². The Kier molecular flexibility index (Phi) is 6.60. The van der Waals surface area contributed by atoms with E-state index >= 15 is 0 Å². The molecule has 0 atom stereocenters. The number of rotatable bonds is 8. The standard InChI is InChI=1S/C25H27N9O/c1-3-11-27-21(4-2)32-14-16-33(17-15-32)23-7-6-22-28-18-20(34(22)30-23)5-8-24-29-25(31-35-24)19-9-12-26-13-10-19/h3-4,6-7,9-13,18H,1,5,8,14-17H2,2H3/b21-4+,27-11-. The van der Waals surface area contributed by atoms with Crippen LogP contribution < -0.4 is 4.90 Å². The van der Waals surface area contributed by atoms with E-state index in [4.69, 9.17) is 9.62 Å². The summed E-state index contributed by atoms with van der Waals surface area (Å²) >= 11 is 0. The van der Waals surface area contributed by atoms with Gasteiger partial charge in [-0.3, -0.25) is 4.98 Å². The van der Waals surface area contributed by atoms with Crippen LogP contribution in [0, 0.1) is 0 Å². The Bertz CT molecular complexity index is 1350. The largest absolute Gasteiger partial charge is 0.353 e. The third-order valence-electron chi connectivity index (χ3n) is 5.92. The zero-order chi connectivity index (χ0) is 24.0. The van der Waals surface area contributed by atoms with Gasteiger partial charge in [-0.05, 0) is 37.3 Å². The Morgan fingerprint density at radius 1 is 1.11 bits per heavy atom. The quantitative estimate of drug-likeness (QED) is 0.363. The van der Waals surface area contributed by atoms with Crippen LogP contribution in [0.25, 0.3) is 17.0 Å². The Labute approximate surface area is 203 Å². The number of fused-ring (bicyclic) bond motifs is 1. The van der Waals surface area contributed by atoms with Gasteiger partial charge in [0.15, 0.2) is 5.65 Å². The third-order valence-corrected chi connectivity index (χ3v) is 5.92. The van der Waals surface area contributed by atoms with Crippen molar-refractivity contribution in [2.75, 3.05) is 31.1 Å². The summed E-state index contributed by atoms with van der Waals surface area (Å²) in [5, 5.41) is 8.98. The highest BCUT2D eigenvalue weighted by Crippen LogP contribution is 2.19. The SMILES string of the molecule is C=C/C=N\C(=C/C)N1CCN(c2ccc3ncc(CCc4nc(-c5ccncc5)no4)n3n2)CC1. The van der Waals surface area contributed by atoms with Gasteiger partial charge in [-0.2, -0.15) is 4.98 Å². The predicted octanol–water partition coefficient (Wildman–Crippen LogP) is 3.20. The van der Waals surface area contributed by atoms with E-state index in [0.717, 1.165) is 54.7 Å². The summed E-state index contributed by atoms with van der Waals surface area (Å²) in [6, 6.07) is 7.77. The third kappa shape index (κ3) is 4.96. The van der Waals surface area contributed by atoms with Crippen molar-refractivity contribution in [1.29, 1.82) is 0 Å². The lowest BCUT2D eigenvalue weighted by molar-refractivity contribution is 0.317. The van der Waals surface area contributed by atoms with Crippen molar-refractivity contribution in [3.05, 3.63) is 79.0 Å². The van der Waals surface area contributed by atoms with E-state index in [1.807, 2.05) is 48.0 Å². The van der Waals surface area contributed by atoms with Gasteiger partial charge in [0, 0.05) is 63.2 Å². The summed E-state index contributed by atoms with van der Waals surface area (Å²) in [7, 11) is 0. The normalized spacial score (nSPS) is 14.8. The molecule has 0 unspecified atom stereocenters. The number of hydrogen-bond donors (Lipinski definition) is 0. The summed E-state index contributed by atoms with van der Waals surface area (Å²) in [6.07, 6.45) is 12.0. The van der Waals surface area contributed by atoms with Crippen molar-refractivity contribution >= 4 is 17.7 Å². The number of aryl methyl sites for hydroxylation is 2. The molecule has 0 aliphatic carbocycles. The van der Waals surface area contributed by atoms with Crippen molar-refractivity contribution in [2.24, 2.45) is 4.99 Å². The number of nitrogens with zero attached hydrogens (tertiary/aromatic N) is 9. The molecule has 0 bridgehead atoms. The van der Waals surface area contributed by atoms with Crippen LogP contribution in [0.15, 0.2) is 76.9 Å². The minimum absolute atomic E-state index is 0.566. The molecular weight excluding hydrogens is 442 g/mol. The first-order chi connectivity index (χ1) is 17.2. The van der Waals surface area contributed by atoms with Gasteiger partial charge in [0.25, 0.3) is 0 Å². The van der Waals surface area contributed by atoms with E-state index in [9.17, 15) is 0 Å². The van der Waals surface area contributed by atoms with Crippen LogP contribution in [0.5, 0.6) is 0 Å². The molecule has 0 aromatic carbocycles. The van der Waals surface area contributed by atoms with Crippen LogP contribution in [0.4, 0.5) is 5.82 Å². The average molecular weight is 470 g/mol. The van der Waals surface area contributed by atoms with Gasteiger partial charge in [0.05, 0.1) is 11.9 Å². The zero-order valence-electron chi connectivity index (χ0n) is 19.7. The number of imidazole rings is 1. The number of hydrogen-bond acceptors (Lipinski definition) is 9. The van der Waals surface area contributed by atoms with Crippen LogP contribution in [-0.4, -0.2) is 67.0 Å². The molecule has 0 N–H and O–H groups in total. The zero-order valence-corrected chi connectivity index (χ0v) is 19.7. The molecule has 5 heterocycles. The number of aromatic nitrogens is 6. The molecule has 1 fully saturated rings. The Balaban J connectivity index is 1.25. The maximum Gasteiger partial charge on any atom is 0.227 e. The van der Waals surface area contributed by atoms with E-state index in [1.165, 1.54) is 0 Å².